The molecule has 120 valence electrons. The van der Waals surface area contributed by atoms with Crippen LogP contribution in [-0.4, -0.2) is 18.8 Å². The molecule has 1 aromatic carbocycles. The van der Waals surface area contributed by atoms with Gasteiger partial charge in [0.05, 0.1) is 5.71 Å². The fourth-order valence-corrected chi connectivity index (χ4v) is 3.65. The highest BCUT2D eigenvalue weighted by atomic mass is 14.8. The Morgan fingerprint density at radius 3 is 2.61 bits per heavy atom. The third-order valence-electron chi connectivity index (χ3n) is 4.90. The number of allylic oxidation sites excluding steroid dienone is 6. The summed E-state index contributed by atoms with van der Waals surface area (Å²) in [5.41, 5.74) is 9.12. The second-order valence-electron chi connectivity index (χ2n) is 6.74. The van der Waals surface area contributed by atoms with Crippen LogP contribution in [0.4, 0.5) is 5.69 Å². The van der Waals surface area contributed by atoms with Crippen molar-refractivity contribution in [1.82, 2.24) is 0 Å². The zero-order chi connectivity index (χ0) is 16.6. The minimum atomic E-state index is -0.0190. The van der Waals surface area contributed by atoms with Gasteiger partial charge in [-0.15, -0.1) is 0 Å². The summed E-state index contributed by atoms with van der Waals surface area (Å²) < 4.78 is 0. The number of hydrogen-bond acceptors (Lipinski definition) is 2. The van der Waals surface area contributed by atoms with Gasteiger partial charge in [-0.25, -0.2) is 0 Å². The molecule has 1 aromatic rings. The number of fused-ring (bicyclic) bond motifs is 2. The zero-order valence-corrected chi connectivity index (χ0v) is 14.8. The Balaban J connectivity index is 2.21. The van der Waals surface area contributed by atoms with Crippen LogP contribution in [-0.2, 0) is 5.41 Å². The van der Waals surface area contributed by atoms with Crippen LogP contribution in [0.3, 0.4) is 0 Å². The van der Waals surface area contributed by atoms with E-state index in [1.54, 1.807) is 0 Å². The molecule has 0 aliphatic heterocycles. The molecular weight excluding hydrogens is 280 g/mol. The molecule has 2 heteroatoms. The molecule has 3 rings (SSSR count). The largest absolute Gasteiger partial charge is 0.385 e. The summed E-state index contributed by atoms with van der Waals surface area (Å²) in [7, 11) is 0. The molecule has 0 saturated carbocycles. The first kappa shape index (κ1) is 15.8. The molecule has 0 aromatic heterocycles. The Labute approximate surface area is 139 Å². The number of hydrogen-bond donors (Lipinski definition) is 1. The van der Waals surface area contributed by atoms with Crippen molar-refractivity contribution in [1.29, 1.82) is 0 Å². The number of rotatable bonds is 3. The van der Waals surface area contributed by atoms with Crippen molar-refractivity contribution in [2.75, 3.05) is 18.4 Å². The Morgan fingerprint density at radius 2 is 1.91 bits per heavy atom. The summed E-state index contributed by atoms with van der Waals surface area (Å²) in [6.45, 7) is 12.9. The quantitative estimate of drug-likeness (QED) is 0.821. The van der Waals surface area contributed by atoms with E-state index in [1.165, 1.54) is 33.5 Å². The second-order valence-corrected chi connectivity index (χ2v) is 6.74. The molecule has 23 heavy (non-hydrogen) atoms. The van der Waals surface area contributed by atoms with E-state index >= 15 is 0 Å². The first-order valence-corrected chi connectivity index (χ1v) is 8.53. The van der Waals surface area contributed by atoms with Crippen molar-refractivity contribution in [2.45, 2.75) is 40.0 Å². The molecule has 0 saturated heterocycles. The number of benzene rings is 1. The predicted octanol–water partition coefficient (Wildman–Crippen LogP) is 5.14. The Morgan fingerprint density at radius 1 is 1.13 bits per heavy atom. The average Bonchev–Trinajstić information content (AvgIpc) is 2.54. The van der Waals surface area contributed by atoms with Gasteiger partial charge in [0.25, 0.3) is 0 Å². The van der Waals surface area contributed by atoms with E-state index in [0.717, 1.165) is 18.8 Å². The summed E-state index contributed by atoms with van der Waals surface area (Å²) in [6.07, 6.45) is 6.65. The van der Waals surface area contributed by atoms with Crippen molar-refractivity contribution < 1.29 is 0 Å². The third-order valence-corrected chi connectivity index (χ3v) is 4.90. The molecule has 0 heterocycles. The molecule has 0 amide bonds. The molecule has 0 fully saturated rings. The minimum absolute atomic E-state index is 0.0190. The number of nitrogens with zero attached hydrogens (tertiary/aromatic N) is 1. The van der Waals surface area contributed by atoms with Gasteiger partial charge < -0.3 is 5.32 Å². The lowest BCUT2D eigenvalue weighted by Gasteiger charge is -2.38. The van der Waals surface area contributed by atoms with Gasteiger partial charge in [0.1, 0.15) is 0 Å². The molecule has 0 radical (unpaired) electrons. The van der Waals surface area contributed by atoms with Crippen LogP contribution in [0.25, 0.3) is 5.57 Å². The van der Waals surface area contributed by atoms with E-state index in [1.807, 2.05) is 0 Å². The van der Waals surface area contributed by atoms with Crippen molar-refractivity contribution in [3.8, 4) is 0 Å². The van der Waals surface area contributed by atoms with Gasteiger partial charge in [-0.2, -0.15) is 0 Å². The minimum Gasteiger partial charge on any atom is -0.385 e. The van der Waals surface area contributed by atoms with Gasteiger partial charge in [0.15, 0.2) is 0 Å². The van der Waals surface area contributed by atoms with Crippen LogP contribution >= 0.6 is 0 Å². The average molecular weight is 306 g/mol. The maximum atomic E-state index is 4.59. The van der Waals surface area contributed by atoms with Gasteiger partial charge in [-0.1, -0.05) is 26.0 Å². The molecule has 2 nitrogen and oxygen atoms in total. The van der Waals surface area contributed by atoms with Gasteiger partial charge in [0, 0.05) is 24.2 Å². The van der Waals surface area contributed by atoms with E-state index in [0.29, 0.717) is 0 Å². The second kappa shape index (κ2) is 5.84. The molecule has 1 N–H and O–H groups in total. The SMILES string of the molecule is CCN=C1C=CC2=C(C)c3ccc(NCC)cc3C(C)(C)C2=C1. The third kappa shape index (κ3) is 2.56. The van der Waals surface area contributed by atoms with Crippen LogP contribution in [0.15, 0.2) is 52.6 Å². The predicted molar refractivity (Wildman–Crippen MR) is 101 cm³/mol. The Kier molecular flexibility index (Phi) is 4.01. The highest BCUT2D eigenvalue weighted by Crippen LogP contribution is 2.48. The van der Waals surface area contributed by atoms with Crippen molar-refractivity contribution >= 4 is 17.0 Å². The maximum Gasteiger partial charge on any atom is 0.0577 e. The lowest BCUT2D eigenvalue weighted by atomic mass is 9.65. The molecule has 0 bridgehead atoms. The fraction of sp³-hybridized carbons (Fsp3) is 0.381. The van der Waals surface area contributed by atoms with Crippen molar-refractivity contribution in [3.63, 3.8) is 0 Å². The number of anilines is 1. The van der Waals surface area contributed by atoms with Crippen LogP contribution in [0, 0.1) is 0 Å². The highest BCUT2D eigenvalue weighted by molar-refractivity contribution is 6.08. The fourth-order valence-electron chi connectivity index (χ4n) is 3.65. The molecule has 0 spiro atoms. The topological polar surface area (TPSA) is 24.4 Å². The van der Waals surface area contributed by atoms with Gasteiger partial charge >= 0.3 is 0 Å². The van der Waals surface area contributed by atoms with Gasteiger partial charge in [0.2, 0.25) is 0 Å². The van der Waals surface area contributed by atoms with Crippen LogP contribution in [0.2, 0.25) is 0 Å². The van der Waals surface area contributed by atoms with Crippen molar-refractivity contribution in [2.24, 2.45) is 4.99 Å². The number of aliphatic imine (C=N–C) groups is 1. The van der Waals surface area contributed by atoms with Gasteiger partial charge in [-0.05, 0) is 72.9 Å². The summed E-state index contributed by atoms with van der Waals surface area (Å²) in [4.78, 5) is 4.59. The van der Waals surface area contributed by atoms with Crippen LogP contribution in [0.1, 0.15) is 45.7 Å². The lowest BCUT2D eigenvalue weighted by molar-refractivity contribution is 0.626. The molecule has 2 aliphatic rings. The molecular formula is C21H26N2. The summed E-state index contributed by atoms with van der Waals surface area (Å²) >= 11 is 0. The van der Waals surface area contributed by atoms with E-state index in [2.05, 4.69) is 81.4 Å². The van der Waals surface area contributed by atoms with Crippen LogP contribution in [0.5, 0.6) is 0 Å². The first-order chi connectivity index (χ1) is 11.0. The summed E-state index contributed by atoms with van der Waals surface area (Å²) in [5, 5.41) is 3.44. The van der Waals surface area contributed by atoms with E-state index in [-0.39, 0.29) is 5.41 Å². The lowest BCUT2D eigenvalue weighted by Crippen LogP contribution is -2.29. The number of nitrogens with one attached hydrogen (secondary N) is 1. The standard InChI is InChI=1S/C21H26N2/c1-6-22-15-8-10-17-14(3)18-11-9-16(23-7-2)13-20(18)21(4,5)19(17)12-15/h8-13,22H,6-7H2,1-5H3. The molecule has 2 aliphatic carbocycles. The molecule has 0 atom stereocenters. The Bertz CT molecular complexity index is 758. The van der Waals surface area contributed by atoms with E-state index in [4.69, 9.17) is 0 Å². The maximum absolute atomic E-state index is 4.59. The smallest absolute Gasteiger partial charge is 0.0577 e. The first-order valence-electron chi connectivity index (χ1n) is 8.53. The van der Waals surface area contributed by atoms with Crippen molar-refractivity contribution in [3.05, 3.63) is 58.7 Å². The monoisotopic (exact) mass is 306 g/mol. The zero-order valence-electron chi connectivity index (χ0n) is 14.8. The van der Waals surface area contributed by atoms with E-state index in [9.17, 15) is 0 Å². The normalized spacial score (nSPS) is 20.2. The Hall–Kier alpha value is -2.09. The molecule has 0 unspecified atom stereocenters. The highest BCUT2D eigenvalue weighted by Gasteiger charge is 2.36. The summed E-state index contributed by atoms with van der Waals surface area (Å²) in [5.74, 6) is 0. The van der Waals surface area contributed by atoms with Gasteiger partial charge in [-0.3, -0.25) is 4.99 Å². The van der Waals surface area contributed by atoms with E-state index < -0.39 is 0 Å². The summed E-state index contributed by atoms with van der Waals surface area (Å²) in [6, 6.07) is 6.76. The van der Waals surface area contributed by atoms with Crippen LogP contribution < -0.4 is 5.32 Å².